The standard InChI is InChI=1S/C14H13N5OS/c1-20-13-7-5-12(6-8-13)19-14(16-17-18-19)21-10-11-4-2-3-9-15-11/h2-9H,10H2,1H3. The summed E-state index contributed by atoms with van der Waals surface area (Å²) < 4.78 is 6.85. The molecule has 0 atom stereocenters. The number of benzene rings is 1. The topological polar surface area (TPSA) is 65.7 Å². The number of tetrazole rings is 1. The van der Waals surface area contributed by atoms with Crippen molar-refractivity contribution in [2.45, 2.75) is 10.9 Å². The first kappa shape index (κ1) is 13.6. The first-order valence-corrected chi connectivity index (χ1v) is 7.31. The molecule has 3 rings (SSSR count). The van der Waals surface area contributed by atoms with Gasteiger partial charge in [-0.15, -0.1) is 5.10 Å². The maximum atomic E-state index is 5.15. The molecule has 0 unspecified atom stereocenters. The number of rotatable bonds is 5. The van der Waals surface area contributed by atoms with Gasteiger partial charge >= 0.3 is 0 Å². The molecule has 0 fully saturated rings. The van der Waals surface area contributed by atoms with E-state index in [1.54, 1.807) is 29.8 Å². The molecule has 0 saturated carbocycles. The van der Waals surface area contributed by atoms with Crippen LogP contribution in [0.15, 0.2) is 53.8 Å². The number of nitrogens with zero attached hydrogens (tertiary/aromatic N) is 5. The van der Waals surface area contributed by atoms with Crippen LogP contribution >= 0.6 is 11.8 Å². The average Bonchev–Trinajstić information content (AvgIpc) is 3.02. The molecule has 7 heteroatoms. The minimum absolute atomic E-state index is 0.720. The summed E-state index contributed by atoms with van der Waals surface area (Å²) in [6.07, 6.45) is 1.78. The van der Waals surface area contributed by atoms with Crippen molar-refractivity contribution in [1.29, 1.82) is 0 Å². The summed E-state index contributed by atoms with van der Waals surface area (Å²) in [6.45, 7) is 0. The number of hydrogen-bond acceptors (Lipinski definition) is 6. The quantitative estimate of drug-likeness (QED) is 0.674. The van der Waals surface area contributed by atoms with Gasteiger partial charge in [0.15, 0.2) is 0 Å². The van der Waals surface area contributed by atoms with Crippen LogP contribution in [-0.2, 0) is 5.75 Å². The van der Waals surface area contributed by atoms with Gasteiger partial charge < -0.3 is 4.74 Å². The zero-order chi connectivity index (χ0) is 14.5. The number of thioether (sulfide) groups is 1. The average molecular weight is 299 g/mol. The Hall–Kier alpha value is -2.41. The van der Waals surface area contributed by atoms with E-state index in [-0.39, 0.29) is 0 Å². The minimum Gasteiger partial charge on any atom is -0.497 e. The Morgan fingerprint density at radius 1 is 1.14 bits per heavy atom. The van der Waals surface area contributed by atoms with Gasteiger partial charge in [-0.05, 0) is 46.8 Å². The van der Waals surface area contributed by atoms with Gasteiger partial charge in [-0.2, -0.15) is 4.68 Å². The monoisotopic (exact) mass is 299 g/mol. The third-order valence-electron chi connectivity index (χ3n) is 2.83. The highest BCUT2D eigenvalue weighted by Crippen LogP contribution is 2.22. The maximum absolute atomic E-state index is 5.15. The highest BCUT2D eigenvalue weighted by atomic mass is 32.2. The molecule has 106 valence electrons. The van der Waals surface area contributed by atoms with E-state index in [0.717, 1.165) is 28.0 Å². The summed E-state index contributed by atoms with van der Waals surface area (Å²) in [7, 11) is 1.64. The van der Waals surface area contributed by atoms with Gasteiger partial charge in [0, 0.05) is 11.9 Å². The molecule has 6 nitrogen and oxygen atoms in total. The van der Waals surface area contributed by atoms with E-state index >= 15 is 0 Å². The normalized spacial score (nSPS) is 10.5. The lowest BCUT2D eigenvalue weighted by Crippen LogP contribution is -1.99. The summed E-state index contributed by atoms with van der Waals surface area (Å²) in [5.41, 5.74) is 1.89. The molecule has 0 amide bonds. The van der Waals surface area contributed by atoms with Gasteiger partial charge in [-0.1, -0.05) is 17.8 Å². The van der Waals surface area contributed by atoms with E-state index in [1.807, 2.05) is 42.5 Å². The zero-order valence-corrected chi connectivity index (χ0v) is 12.2. The Bertz CT molecular complexity index is 699. The van der Waals surface area contributed by atoms with Crippen LogP contribution in [0.25, 0.3) is 5.69 Å². The van der Waals surface area contributed by atoms with Crippen LogP contribution in [0.5, 0.6) is 5.75 Å². The van der Waals surface area contributed by atoms with Crippen LogP contribution in [0.2, 0.25) is 0 Å². The van der Waals surface area contributed by atoms with Crippen molar-refractivity contribution in [3.63, 3.8) is 0 Å². The van der Waals surface area contributed by atoms with Crippen LogP contribution in [0.1, 0.15) is 5.69 Å². The summed E-state index contributed by atoms with van der Waals surface area (Å²) in [5, 5.41) is 12.6. The number of methoxy groups -OCH3 is 1. The fourth-order valence-corrected chi connectivity index (χ4v) is 2.58. The van der Waals surface area contributed by atoms with Crippen LogP contribution in [0.3, 0.4) is 0 Å². The molecule has 3 aromatic rings. The molecule has 1 aromatic carbocycles. The molecule has 21 heavy (non-hydrogen) atoms. The largest absolute Gasteiger partial charge is 0.497 e. The number of hydrogen-bond donors (Lipinski definition) is 0. The van der Waals surface area contributed by atoms with Crippen molar-refractivity contribution < 1.29 is 4.74 Å². The number of ether oxygens (including phenoxy) is 1. The van der Waals surface area contributed by atoms with E-state index in [1.165, 1.54) is 0 Å². The molecule has 0 bridgehead atoms. The summed E-state index contributed by atoms with van der Waals surface area (Å²) in [6, 6.07) is 13.4. The number of pyridine rings is 1. The van der Waals surface area contributed by atoms with Gasteiger partial charge in [0.1, 0.15) is 5.75 Å². The Morgan fingerprint density at radius 3 is 2.71 bits per heavy atom. The van der Waals surface area contributed by atoms with Crippen molar-refractivity contribution >= 4 is 11.8 Å². The smallest absolute Gasteiger partial charge is 0.214 e. The molecule has 0 aliphatic carbocycles. The Kier molecular flexibility index (Phi) is 4.11. The van der Waals surface area contributed by atoms with Gasteiger partial charge in [0.05, 0.1) is 18.5 Å². The summed E-state index contributed by atoms with van der Waals surface area (Å²) in [5.74, 6) is 1.52. The minimum atomic E-state index is 0.720. The van der Waals surface area contributed by atoms with E-state index in [9.17, 15) is 0 Å². The predicted molar refractivity (Wildman–Crippen MR) is 79.5 cm³/mol. The van der Waals surface area contributed by atoms with E-state index in [2.05, 4.69) is 20.5 Å². The molecule has 2 aromatic heterocycles. The van der Waals surface area contributed by atoms with Gasteiger partial charge in [-0.3, -0.25) is 4.98 Å². The molecule has 0 aliphatic heterocycles. The first-order valence-electron chi connectivity index (χ1n) is 6.32. The first-order chi connectivity index (χ1) is 10.4. The molecule has 0 N–H and O–H groups in total. The fraction of sp³-hybridized carbons (Fsp3) is 0.143. The Morgan fingerprint density at radius 2 is 2.00 bits per heavy atom. The molecule has 0 saturated heterocycles. The molecule has 0 aliphatic rings. The maximum Gasteiger partial charge on any atom is 0.214 e. The van der Waals surface area contributed by atoms with E-state index < -0.39 is 0 Å². The zero-order valence-electron chi connectivity index (χ0n) is 11.4. The summed E-state index contributed by atoms with van der Waals surface area (Å²) >= 11 is 1.54. The second kappa shape index (κ2) is 6.36. The van der Waals surface area contributed by atoms with E-state index in [0.29, 0.717) is 0 Å². The van der Waals surface area contributed by atoms with Crippen molar-refractivity contribution in [2.24, 2.45) is 0 Å². The van der Waals surface area contributed by atoms with Crippen molar-refractivity contribution in [2.75, 3.05) is 7.11 Å². The molecular weight excluding hydrogens is 286 g/mol. The van der Waals surface area contributed by atoms with Gasteiger partial charge in [-0.25, -0.2) is 0 Å². The van der Waals surface area contributed by atoms with Gasteiger partial charge in [0.25, 0.3) is 0 Å². The molecule has 0 radical (unpaired) electrons. The van der Waals surface area contributed by atoms with Crippen LogP contribution in [0, 0.1) is 0 Å². The second-order valence-corrected chi connectivity index (χ2v) is 5.12. The van der Waals surface area contributed by atoms with E-state index in [4.69, 9.17) is 4.74 Å². The van der Waals surface area contributed by atoms with Crippen molar-refractivity contribution in [3.05, 3.63) is 54.4 Å². The molecule has 0 spiro atoms. The third-order valence-corrected chi connectivity index (χ3v) is 3.79. The number of aromatic nitrogens is 5. The SMILES string of the molecule is COc1ccc(-n2nnnc2SCc2ccccn2)cc1. The van der Waals surface area contributed by atoms with Crippen LogP contribution in [-0.4, -0.2) is 32.3 Å². The lowest BCUT2D eigenvalue weighted by Gasteiger charge is -2.05. The van der Waals surface area contributed by atoms with Crippen LogP contribution < -0.4 is 4.74 Å². The lowest BCUT2D eigenvalue weighted by molar-refractivity contribution is 0.414. The molecular formula is C14H13N5OS. The van der Waals surface area contributed by atoms with Crippen molar-refractivity contribution in [1.82, 2.24) is 25.2 Å². The predicted octanol–water partition coefficient (Wildman–Crippen LogP) is 2.36. The van der Waals surface area contributed by atoms with Crippen molar-refractivity contribution in [3.8, 4) is 11.4 Å². The summed E-state index contributed by atoms with van der Waals surface area (Å²) in [4.78, 5) is 4.29. The van der Waals surface area contributed by atoms with Crippen LogP contribution in [0.4, 0.5) is 0 Å². The highest BCUT2D eigenvalue weighted by Gasteiger charge is 2.09. The fourth-order valence-electron chi connectivity index (χ4n) is 1.78. The van der Waals surface area contributed by atoms with Gasteiger partial charge in [0.2, 0.25) is 5.16 Å². The second-order valence-electron chi connectivity index (χ2n) is 4.18. The lowest BCUT2D eigenvalue weighted by atomic mass is 10.3. The molecule has 2 heterocycles. The Labute approximate surface area is 126 Å². The Balaban J connectivity index is 1.77. The third kappa shape index (κ3) is 3.19. The highest BCUT2D eigenvalue weighted by molar-refractivity contribution is 7.98.